The zero-order valence-corrected chi connectivity index (χ0v) is 20.0. The van der Waals surface area contributed by atoms with Gasteiger partial charge in [0.2, 0.25) is 0 Å². The zero-order valence-electron chi connectivity index (χ0n) is 19.2. The summed E-state index contributed by atoms with van der Waals surface area (Å²) in [6.07, 6.45) is -2.10. The summed E-state index contributed by atoms with van der Waals surface area (Å²) in [4.78, 5) is 10.8. The molecule has 3 rings (SSSR count). The minimum absolute atomic E-state index is 0.158. The number of benzene rings is 3. The van der Waals surface area contributed by atoms with Crippen molar-refractivity contribution in [1.82, 2.24) is 5.32 Å². The van der Waals surface area contributed by atoms with Crippen molar-refractivity contribution in [1.29, 1.82) is 0 Å². The van der Waals surface area contributed by atoms with Gasteiger partial charge in [-0.2, -0.15) is 0 Å². The molecule has 0 spiro atoms. The fraction of sp³-hybridized carbons (Fsp3) is 0.269. The number of phenols is 1. The van der Waals surface area contributed by atoms with Crippen LogP contribution in [-0.4, -0.2) is 40.7 Å². The van der Waals surface area contributed by atoms with Crippen LogP contribution in [0, 0.1) is 13.8 Å². The van der Waals surface area contributed by atoms with Gasteiger partial charge >= 0.3 is 6.16 Å². The molecule has 180 valence electrons. The Kier molecular flexibility index (Phi) is 8.39. The molecule has 0 aromatic heterocycles. The van der Waals surface area contributed by atoms with E-state index in [-0.39, 0.29) is 17.5 Å². The number of nitrogens with one attached hydrogen (secondary N) is 1. The molecule has 34 heavy (non-hydrogen) atoms. The van der Waals surface area contributed by atoms with E-state index >= 15 is 0 Å². The lowest BCUT2D eigenvalue weighted by atomic mass is 9.99. The van der Waals surface area contributed by atoms with Crippen LogP contribution < -0.4 is 14.8 Å². The molecule has 0 bridgehead atoms. The lowest BCUT2D eigenvalue weighted by Crippen LogP contribution is -2.35. The van der Waals surface area contributed by atoms with E-state index in [0.29, 0.717) is 23.7 Å². The van der Waals surface area contributed by atoms with Gasteiger partial charge in [-0.05, 0) is 85.5 Å². The number of hydrogen-bond donors (Lipinski definition) is 4. The predicted octanol–water partition coefficient (Wildman–Crippen LogP) is 5.48. The Morgan fingerprint density at radius 3 is 2.32 bits per heavy atom. The fourth-order valence-corrected chi connectivity index (χ4v) is 3.96. The number of rotatable bonds is 9. The molecule has 2 atom stereocenters. The largest absolute Gasteiger partial charge is 0.511 e. The minimum Gasteiger partial charge on any atom is -0.508 e. The number of aryl methyl sites for hydroxylation is 2. The molecule has 4 N–H and O–H groups in total. The first-order valence-electron chi connectivity index (χ1n) is 10.8. The molecule has 8 heteroatoms. The highest BCUT2D eigenvalue weighted by atomic mass is 35.5. The number of phenolic OH excluding ortho intramolecular Hbond substituents is 1. The number of carboxylic acid groups (broad SMARTS) is 1. The number of hydrogen-bond acceptors (Lipinski definition) is 6. The van der Waals surface area contributed by atoms with E-state index in [1.807, 2.05) is 32.9 Å². The summed E-state index contributed by atoms with van der Waals surface area (Å²) >= 11 is 6.35. The van der Waals surface area contributed by atoms with Gasteiger partial charge in [0.1, 0.15) is 23.9 Å². The first kappa shape index (κ1) is 25.4. The summed E-state index contributed by atoms with van der Waals surface area (Å²) in [5, 5.41) is 32.5. The van der Waals surface area contributed by atoms with Crippen molar-refractivity contribution < 1.29 is 29.6 Å². The topological polar surface area (TPSA) is 108 Å². The predicted molar refractivity (Wildman–Crippen MR) is 131 cm³/mol. The van der Waals surface area contributed by atoms with Crippen LogP contribution in [0.5, 0.6) is 17.2 Å². The highest BCUT2D eigenvalue weighted by molar-refractivity contribution is 6.33. The Morgan fingerprint density at radius 2 is 1.71 bits per heavy atom. The second-order valence-electron chi connectivity index (χ2n) is 8.08. The molecule has 3 aromatic rings. The maximum atomic E-state index is 10.8. The molecule has 0 saturated heterocycles. The Hall–Kier alpha value is -3.26. The SMILES string of the molecule is Cc1cc(-c2cc(OC(=O)O)ccc2Cl)cc(C)c1OCCN[C@H](C)[C@@H](O)c1ccc(O)cc1. The Bertz CT molecular complexity index is 1130. The first-order chi connectivity index (χ1) is 16.2. The number of ether oxygens (including phenoxy) is 2. The van der Waals surface area contributed by atoms with Crippen LogP contribution in [0.3, 0.4) is 0 Å². The van der Waals surface area contributed by atoms with E-state index in [1.165, 1.54) is 6.07 Å². The lowest BCUT2D eigenvalue weighted by Gasteiger charge is -2.21. The van der Waals surface area contributed by atoms with E-state index in [2.05, 4.69) is 5.32 Å². The van der Waals surface area contributed by atoms with Gasteiger partial charge in [0.15, 0.2) is 0 Å². The second-order valence-corrected chi connectivity index (χ2v) is 8.48. The van der Waals surface area contributed by atoms with Gasteiger partial charge in [-0.1, -0.05) is 23.7 Å². The molecule has 0 saturated carbocycles. The molecule has 0 radical (unpaired) electrons. The van der Waals surface area contributed by atoms with Crippen LogP contribution in [0.1, 0.15) is 29.7 Å². The second kappa shape index (κ2) is 11.2. The summed E-state index contributed by atoms with van der Waals surface area (Å²) < 4.78 is 10.8. The van der Waals surface area contributed by atoms with Crippen LogP contribution in [0.2, 0.25) is 5.02 Å². The van der Waals surface area contributed by atoms with Gasteiger partial charge < -0.3 is 30.1 Å². The average Bonchev–Trinajstić information content (AvgIpc) is 2.78. The van der Waals surface area contributed by atoms with Crippen LogP contribution in [0.25, 0.3) is 11.1 Å². The fourth-order valence-electron chi connectivity index (χ4n) is 3.73. The molecular weight excluding hydrogens is 458 g/mol. The van der Waals surface area contributed by atoms with Crippen LogP contribution >= 0.6 is 11.6 Å². The summed E-state index contributed by atoms with van der Waals surface area (Å²) in [5.74, 6) is 1.11. The number of carbonyl (C=O) groups is 1. The van der Waals surface area contributed by atoms with Gasteiger partial charge in [0.05, 0.1) is 6.10 Å². The molecule has 3 aromatic carbocycles. The normalized spacial score (nSPS) is 12.7. The van der Waals surface area contributed by atoms with Crippen LogP contribution in [0.4, 0.5) is 4.79 Å². The maximum Gasteiger partial charge on any atom is 0.511 e. The van der Waals surface area contributed by atoms with Gasteiger partial charge in [-0.15, -0.1) is 0 Å². The van der Waals surface area contributed by atoms with E-state index in [4.69, 9.17) is 26.2 Å². The highest BCUT2D eigenvalue weighted by Gasteiger charge is 2.16. The molecule has 0 fully saturated rings. The van der Waals surface area contributed by atoms with E-state index in [0.717, 1.165) is 28.0 Å². The van der Waals surface area contributed by atoms with Crippen molar-refractivity contribution in [3.8, 4) is 28.4 Å². The van der Waals surface area contributed by atoms with Gasteiger partial charge in [0.25, 0.3) is 0 Å². The zero-order chi connectivity index (χ0) is 24.8. The molecule has 0 amide bonds. The number of aliphatic hydroxyl groups excluding tert-OH is 1. The molecular formula is C26H28ClNO6. The third kappa shape index (κ3) is 6.41. The van der Waals surface area contributed by atoms with E-state index < -0.39 is 12.3 Å². The number of aromatic hydroxyl groups is 1. The highest BCUT2D eigenvalue weighted by Crippen LogP contribution is 2.36. The van der Waals surface area contributed by atoms with Crippen molar-refractivity contribution in [2.75, 3.05) is 13.2 Å². The summed E-state index contributed by atoms with van der Waals surface area (Å²) in [6, 6.07) is 14.8. The van der Waals surface area contributed by atoms with Crippen molar-refractivity contribution in [2.24, 2.45) is 0 Å². The molecule has 0 aliphatic carbocycles. The van der Waals surface area contributed by atoms with Crippen molar-refractivity contribution in [3.05, 3.63) is 76.3 Å². The minimum atomic E-state index is -1.39. The van der Waals surface area contributed by atoms with Gasteiger partial charge in [-0.3, -0.25) is 0 Å². The standard InChI is InChI=1S/C26H28ClNO6/c1-15-12-19(22-14-21(34-26(31)32)8-9-23(22)27)13-16(2)25(15)33-11-10-28-17(3)24(30)18-4-6-20(29)7-5-18/h4-9,12-14,17,24,28-30H,10-11H2,1-3H3,(H,31,32)/t17-,24-/m1/s1. The lowest BCUT2D eigenvalue weighted by molar-refractivity contribution is 0.133. The van der Waals surface area contributed by atoms with Gasteiger partial charge in [0, 0.05) is 23.2 Å². The smallest absolute Gasteiger partial charge is 0.508 e. The number of halogens is 1. The Balaban J connectivity index is 1.62. The quantitative estimate of drug-likeness (QED) is 0.180. The summed E-state index contributed by atoms with van der Waals surface area (Å²) in [5.41, 5.74) is 4.03. The molecule has 0 aliphatic heterocycles. The molecule has 7 nitrogen and oxygen atoms in total. The van der Waals surface area contributed by atoms with Crippen molar-refractivity contribution in [3.63, 3.8) is 0 Å². The monoisotopic (exact) mass is 485 g/mol. The third-order valence-electron chi connectivity index (χ3n) is 5.44. The van der Waals surface area contributed by atoms with Gasteiger partial charge in [-0.25, -0.2) is 4.79 Å². The van der Waals surface area contributed by atoms with Crippen LogP contribution in [0.15, 0.2) is 54.6 Å². The Labute approximate surface area is 203 Å². The van der Waals surface area contributed by atoms with Crippen molar-refractivity contribution >= 4 is 17.8 Å². The molecule has 0 heterocycles. The average molecular weight is 486 g/mol. The van der Waals surface area contributed by atoms with E-state index in [1.54, 1.807) is 36.4 Å². The number of aliphatic hydroxyl groups is 1. The Morgan fingerprint density at radius 1 is 1.06 bits per heavy atom. The summed E-state index contributed by atoms with van der Waals surface area (Å²) in [6.45, 7) is 6.67. The molecule has 0 unspecified atom stereocenters. The first-order valence-corrected chi connectivity index (χ1v) is 11.2. The third-order valence-corrected chi connectivity index (χ3v) is 5.77. The van der Waals surface area contributed by atoms with Crippen LogP contribution in [-0.2, 0) is 0 Å². The van der Waals surface area contributed by atoms with E-state index in [9.17, 15) is 15.0 Å². The maximum absolute atomic E-state index is 10.8. The van der Waals surface area contributed by atoms with Crippen molar-refractivity contribution in [2.45, 2.75) is 32.9 Å². The molecule has 0 aliphatic rings. The summed E-state index contributed by atoms with van der Waals surface area (Å²) in [7, 11) is 0.